The standard InChI is InChI=1S/C19H27N5O2S/c1-15-6-4-7-17(12-15)16(2)13-23-19(20-3)22-10-11-24-27(25,26)18-8-5-9-21-14-18/h4-9,12,14,16,24H,10-11,13H2,1-3H3,(H2,20,22,23). The molecule has 3 N–H and O–H groups in total. The molecule has 0 fully saturated rings. The summed E-state index contributed by atoms with van der Waals surface area (Å²) in [4.78, 5) is 8.15. The van der Waals surface area contributed by atoms with Crippen molar-refractivity contribution in [1.29, 1.82) is 0 Å². The first-order valence-electron chi connectivity index (χ1n) is 8.83. The van der Waals surface area contributed by atoms with Crippen LogP contribution in [-0.4, -0.2) is 46.0 Å². The van der Waals surface area contributed by atoms with Gasteiger partial charge in [0.15, 0.2) is 5.96 Å². The molecule has 0 saturated carbocycles. The summed E-state index contributed by atoms with van der Waals surface area (Å²) in [7, 11) is -1.86. The Kier molecular flexibility index (Phi) is 7.75. The van der Waals surface area contributed by atoms with Gasteiger partial charge in [-0.3, -0.25) is 9.98 Å². The summed E-state index contributed by atoms with van der Waals surface area (Å²) < 4.78 is 26.8. The summed E-state index contributed by atoms with van der Waals surface area (Å²) in [6.45, 7) is 5.61. The molecule has 0 radical (unpaired) electrons. The highest BCUT2D eigenvalue weighted by Gasteiger charge is 2.13. The molecular weight excluding hydrogens is 362 g/mol. The molecule has 7 nitrogen and oxygen atoms in total. The van der Waals surface area contributed by atoms with Gasteiger partial charge in [0.1, 0.15) is 4.90 Å². The Balaban J connectivity index is 1.76. The van der Waals surface area contributed by atoms with Gasteiger partial charge >= 0.3 is 0 Å². The third-order valence-electron chi connectivity index (χ3n) is 4.06. The minimum absolute atomic E-state index is 0.152. The topological polar surface area (TPSA) is 95.5 Å². The number of pyridine rings is 1. The van der Waals surface area contributed by atoms with Gasteiger partial charge in [0, 0.05) is 39.1 Å². The van der Waals surface area contributed by atoms with Crippen LogP contribution in [-0.2, 0) is 10.0 Å². The first-order valence-corrected chi connectivity index (χ1v) is 10.3. The minimum Gasteiger partial charge on any atom is -0.356 e. The second-order valence-corrected chi connectivity index (χ2v) is 8.05. The van der Waals surface area contributed by atoms with Crippen molar-refractivity contribution in [2.24, 2.45) is 4.99 Å². The van der Waals surface area contributed by atoms with Crippen molar-refractivity contribution in [3.8, 4) is 0 Å². The summed E-state index contributed by atoms with van der Waals surface area (Å²) in [5, 5.41) is 6.38. The molecule has 0 saturated heterocycles. The summed E-state index contributed by atoms with van der Waals surface area (Å²) in [6, 6.07) is 11.5. The third kappa shape index (κ3) is 6.65. The molecule has 0 aliphatic heterocycles. The van der Waals surface area contributed by atoms with Gasteiger partial charge < -0.3 is 10.6 Å². The van der Waals surface area contributed by atoms with Gasteiger partial charge in [0.25, 0.3) is 0 Å². The Morgan fingerprint density at radius 3 is 2.67 bits per heavy atom. The van der Waals surface area contributed by atoms with E-state index in [1.165, 1.54) is 29.6 Å². The zero-order valence-corrected chi connectivity index (χ0v) is 16.8. The number of nitrogens with one attached hydrogen (secondary N) is 3. The van der Waals surface area contributed by atoms with E-state index in [1.54, 1.807) is 13.1 Å². The highest BCUT2D eigenvalue weighted by molar-refractivity contribution is 7.89. The Labute approximate surface area is 161 Å². The lowest BCUT2D eigenvalue weighted by Crippen LogP contribution is -2.42. The van der Waals surface area contributed by atoms with Crippen LogP contribution in [0.1, 0.15) is 24.0 Å². The minimum atomic E-state index is -3.54. The molecule has 27 heavy (non-hydrogen) atoms. The molecule has 0 amide bonds. The number of aliphatic imine (C=N–C) groups is 1. The molecule has 1 heterocycles. The lowest BCUT2D eigenvalue weighted by molar-refractivity contribution is 0.580. The van der Waals surface area contributed by atoms with E-state index in [-0.39, 0.29) is 11.4 Å². The number of aromatic nitrogens is 1. The van der Waals surface area contributed by atoms with E-state index >= 15 is 0 Å². The van der Waals surface area contributed by atoms with Crippen molar-refractivity contribution in [2.75, 3.05) is 26.7 Å². The molecule has 146 valence electrons. The predicted octanol–water partition coefficient (Wildman–Crippen LogP) is 1.64. The fourth-order valence-corrected chi connectivity index (χ4v) is 3.52. The summed E-state index contributed by atoms with van der Waals surface area (Å²) in [5.41, 5.74) is 2.50. The third-order valence-corrected chi connectivity index (χ3v) is 5.51. The van der Waals surface area contributed by atoms with E-state index in [2.05, 4.69) is 63.4 Å². The van der Waals surface area contributed by atoms with Gasteiger partial charge in [-0.25, -0.2) is 13.1 Å². The quantitative estimate of drug-likeness (QED) is 0.362. The van der Waals surface area contributed by atoms with Gasteiger partial charge in [-0.15, -0.1) is 0 Å². The number of benzene rings is 1. The van der Waals surface area contributed by atoms with Gasteiger partial charge in [-0.05, 0) is 30.5 Å². The molecule has 1 aromatic heterocycles. The maximum Gasteiger partial charge on any atom is 0.242 e. The van der Waals surface area contributed by atoms with Crippen LogP contribution >= 0.6 is 0 Å². The molecule has 1 unspecified atom stereocenters. The summed E-state index contributed by atoms with van der Waals surface area (Å²) in [6.07, 6.45) is 2.86. The van der Waals surface area contributed by atoms with Crippen molar-refractivity contribution in [3.05, 3.63) is 59.9 Å². The number of sulfonamides is 1. The zero-order valence-electron chi connectivity index (χ0n) is 15.9. The lowest BCUT2D eigenvalue weighted by atomic mass is 9.99. The van der Waals surface area contributed by atoms with E-state index in [4.69, 9.17) is 0 Å². The Morgan fingerprint density at radius 2 is 2.00 bits per heavy atom. The van der Waals surface area contributed by atoms with E-state index in [0.29, 0.717) is 18.4 Å². The van der Waals surface area contributed by atoms with Crippen LogP contribution < -0.4 is 15.4 Å². The molecule has 1 aromatic carbocycles. The van der Waals surface area contributed by atoms with E-state index in [0.717, 1.165) is 6.54 Å². The summed E-state index contributed by atoms with van der Waals surface area (Å²) >= 11 is 0. The smallest absolute Gasteiger partial charge is 0.242 e. The van der Waals surface area contributed by atoms with Crippen LogP contribution in [0.15, 0.2) is 58.7 Å². The maximum atomic E-state index is 12.1. The predicted molar refractivity (Wildman–Crippen MR) is 108 cm³/mol. The number of rotatable bonds is 8. The Bertz CT molecular complexity index is 853. The van der Waals surface area contributed by atoms with Crippen LogP contribution in [0.25, 0.3) is 0 Å². The fraction of sp³-hybridized carbons (Fsp3) is 0.368. The van der Waals surface area contributed by atoms with Crippen LogP contribution in [0.2, 0.25) is 0 Å². The number of nitrogens with zero attached hydrogens (tertiary/aromatic N) is 2. The second kappa shape index (κ2) is 10.0. The van der Waals surface area contributed by atoms with E-state index in [9.17, 15) is 8.42 Å². The SMILES string of the molecule is CN=C(NCCNS(=O)(=O)c1cccnc1)NCC(C)c1cccc(C)c1. The fourth-order valence-electron chi connectivity index (χ4n) is 2.52. The van der Waals surface area contributed by atoms with Crippen LogP contribution in [0.4, 0.5) is 0 Å². The molecule has 0 spiro atoms. The van der Waals surface area contributed by atoms with Gasteiger partial charge in [0.2, 0.25) is 10.0 Å². The Morgan fingerprint density at radius 1 is 1.19 bits per heavy atom. The van der Waals surface area contributed by atoms with Crippen LogP contribution in [0, 0.1) is 6.92 Å². The van der Waals surface area contributed by atoms with Gasteiger partial charge in [-0.2, -0.15) is 0 Å². The largest absolute Gasteiger partial charge is 0.356 e. The van der Waals surface area contributed by atoms with Crippen molar-refractivity contribution in [2.45, 2.75) is 24.7 Å². The average Bonchev–Trinajstić information content (AvgIpc) is 2.68. The number of hydrogen-bond donors (Lipinski definition) is 3. The van der Waals surface area contributed by atoms with E-state index in [1.807, 2.05) is 0 Å². The average molecular weight is 390 g/mol. The summed E-state index contributed by atoms with van der Waals surface area (Å²) in [5.74, 6) is 0.961. The molecule has 0 aliphatic rings. The second-order valence-electron chi connectivity index (χ2n) is 6.28. The highest BCUT2D eigenvalue weighted by Crippen LogP contribution is 2.15. The number of aryl methyl sites for hydroxylation is 1. The first kappa shape index (κ1) is 20.9. The number of hydrogen-bond acceptors (Lipinski definition) is 4. The van der Waals surface area contributed by atoms with Gasteiger partial charge in [-0.1, -0.05) is 36.8 Å². The Hall–Kier alpha value is -2.45. The van der Waals surface area contributed by atoms with Gasteiger partial charge in [0.05, 0.1) is 0 Å². The first-order chi connectivity index (χ1) is 12.9. The molecule has 0 bridgehead atoms. The number of guanidine groups is 1. The molecule has 0 aliphatic carbocycles. The monoisotopic (exact) mass is 389 g/mol. The highest BCUT2D eigenvalue weighted by atomic mass is 32.2. The van der Waals surface area contributed by atoms with Crippen molar-refractivity contribution in [1.82, 2.24) is 20.3 Å². The van der Waals surface area contributed by atoms with Crippen molar-refractivity contribution in [3.63, 3.8) is 0 Å². The normalized spacial score (nSPS) is 13.2. The molecule has 1 atom stereocenters. The lowest BCUT2D eigenvalue weighted by Gasteiger charge is -2.17. The molecule has 8 heteroatoms. The van der Waals surface area contributed by atoms with Crippen LogP contribution in [0.3, 0.4) is 0 Å². The zero-order chi connectivity index (χ0) is 19.7. The van der Waals surface area contributed by atoms with Crippen molar-refractivity contribution >= 4 is 16.0 Å². The molecular formula is C19H27N5O2S. The molecule has 2 aromatic rings. The van der Waals surface area contributed by atoms with Crippen molar-refractivity contribution < 1.29 is 8.42 Å². The van der Waals surface area contributed by atoms with E-state index < -0.39 is 10.0 Å². The van der Waals surface area contributed by atoms with Crippen LogP contribution in [0.5, 0.6) is 0 Å². The molecule has 2 rings (SSSR count). The maximum absolute atomic E-state index is 12.1.